The van der Waals surface area contributed by atoms with Crippen LogP contribution in [0.2, 0.25) is 5.02 Å². The van der Waals surface area contributed by atoms with Gasteiger partial charge in [0.2, 0.25) is 0 Å². The number of aromatic nitrogens is 2. The Hall–Kier alpha value is -2.78. The molecule has 0 aliphatic carbocycles. The third-order valence-electron chi connectivity index (χ3n) is 5.17. The van der Waals surface area contributed by atoms with Gasteiger partial charge >= 0.3 is 0 Å². The van der Waals surface area contributed by atoms with E-state index in [1.165, 1.54) is 11.1 Å². The summed E-state index contributed by atoms with van der Waals surface area (Å²) in [6, 6.07) is 22.5. The first-order valence-corrected chi connectivity index (χ1v) is 10.3. The van der Waals surface area contributed by atoms with E-state index in [1.807, 2.05) is 36.4 Å². The minimum Gasteiger partial charge on any atom is -0.485 e. The summed E-state index contributed by atoms with van der Waals surface area (Å²) in [4.78, 5) is 4.85. The van der Waals surface area contributed by atoms with Crippen LogP contribution in [0.5, 0.6) is 5.75 Å². The molecule has 0 amide bonds. The number of aryl methyl sites for hydroxylation is 1. The Labute approximate surface area is 176 Å². The maximum absolute atomic E-state index is 6.43. The highest BCUT2D eigenvalue weighted by atomic mass is 35.5. The lowest BCUT2D eigenvalue weighted by Crippen LogP contribution is -2.09. The average molecular weight is 405 g/mol. The van der Waals surface area contributed by atoms with E-state index in [0.29, 0.717) is 19.1 Å². The van der Waals surface area contributed by atoms with Crippen molar-refractivity contribution in [3.05, 3.63) is 94.3 Å². The van der Waals surface area contributed by atoms with Crippen LogP contribution in [-0.2, 0) is 13.2 Å². The number of rotatable bonds is 6. The predicted octanol–water partition coefficient (Wildman–Crippen LogP) is 6.75. The maximum Gasteiger partial charge on any atom is 0.148 e. The number of ether oxygens (including phenoxy) is 1. The molecule has 1 aromatic heterocycles. The van der Waals surface area contributed by atoms with E-state index in [4.69, 9.17) is 21.3 Å². The molecule has 148 valence electrons. The van der Waals surface area contributed by atoms with E-state index >= 15 is 0 Å². The molecule has 0 saturated carbocycles. The van der Waals surface area contributed by atoms with E-state index in [-0.39, 0.29) is 0 Å². The van der Waals surface area contributed by atoms with Crippen molar-refractivity contribution < 1.29 is 4.74 Å². The first kappa shape index (κ1) is 19.5. The molecule has 0 radical (unpaired) electrons. The van der Waals surface area contributed by atoms with Crippen molar-refractivity contribution in [2.24, 2.45) is 0 Å². The zero-order chi connectivity index (χ0) is 20.4. The lowest BCUT2D eigenvalue weighted by atomic mass is 10.0. The molecule has 1 heterocycles. The van der Waals surface area contributed by atoms with Gasteiger partial charge in [-0.2, -0.15) is 0 Å². The highest BCUT2D eigenvalue weighted by molar-refractivity contribution is 6.31. The summed E-state index contributed by atoms with van der Waals surface area (Å²) in [6.07, 6.45) is 0. The summed E-state index contributed by atoms with van der Waals surface area (Å²) in [6.45, 7) is 7.52. The van der Waals surface area contributed by atoms with Crippen molar-refractivity contribution in [1.29, 1.82) is 0 Å². The molecule has 0 aliphatic heterocycles. The molecule has 3 aromatic carbocycles. The lowest BCUT2D eigenvalue weighted by molar-refractivity contribution is 0.287. The van der Waals surface area contributed by atoms with Crippen molar-refractivity contribution in [1.82, 2.24) is 9.55 Å². The number of para-hydroxylation sites is 2. The number of nitrogens with zero attached hydrogens (tertiary/aromatic N) is 2. The van der Waals surface area contributed by atoms with Crippen molar-refractivity contribution in [3.8, 4) is 5.75 Å². The molecule has 4 aromatic rings. The number of benzene rings is 3. The molecule has 0 N–H and O–H groups in total. The molecule has 0 atom stereocenters. The Morgan fingerprint density at radius 1 is 1.00 bits per heavy atom. The van der Waals surface area contributed by atoms with Crippen LogP contribution < -0.4 is 4.74 Å². The summed E-state index contributed by atoms with van der Waals surface area (Å²) in [5.74, 6) is 2.21. The van der Waals surface area contributed by atoms with Crippen LogP contribution in [0.25, 0.3) is 11.0 Å². The van der Waals surface area contributed by atoms with E-state index in [2.05, 4.69) is 55.7 Å². The highest BCUT2D eigenvalue weighted by Gasteiger charge is 2.14. The smallest absolute Gasteiger partial charge is 0.148 e. The Bertz CT molecular complexity index is 1150. The molecule has 0 fully saturated rings. The molecule has 0 unspecified atom stereocenters. The standard InChI is InChI=1S/C25H25ClN2O/c1-17(2)20-13-12-18(3)14-24(20)29-16-25-27-22-10-6-7-11-23(22)28(25)15-19-8-4-5-9-21(19)26/h4-14,17H,15-16H2,1-3H3. The minimum absolute atomic E-state index is 0.396. The van der Waals surface area contributed by atoms with Crippen LogP contribution in [-0.4, -0.2) is 9.55 Å². The molecule has 29 heavy (non-hydrogen) atoms. The van der Waals surface area contributed by atoms with Gasteiger partial charge in [-0.15, -0.1) is 0 Å². The van der Waals surface area contributed by atoms with Crippen LogP contribution in [0.1, 0.15) is 42.3 Å². The zero-order valence-corrected chi connectivity index (χ0v) is 17.8. The second-order valence-corrected chi connectivity index (χ2v) is 8.09. The topological polar surface area (TPSA) is 27.1 Å². The number of hydrogen-bond acceptors (Lipinski definition) is 2. The summed E-state index contributed by atoms with van der Waals surface area (Å²) < 4.78 is 8.48. The summed E-state index contributed by atoms with van der Waals surface area (Å²) >= 11 is 6.43. The summed E-state index contributed by atoms with van der Waals surface area (Å²) in [5, 5.41) is 0.762. The van der Waals surface area contributed by atoms with E-state index in [1.54, 1.807) is 0 Å². The third kappa shape index (κ3) is 4.15. The normalized spacial score (nSPS) is 11.3. The van der Waals surface area contributed by atoms with E-state index in [0.717, 1.165) is 33.2 Å². The summed E-state index contributed by atoms with van der Waals surface area (Å²) in [7, 11) is 0. The molecule has 0 saturated heterocycles. The fourth-order valence-electron chi connectivity index (χ4n) is 3.59. The largest absolute Gasteiger partial charge is 0.485 e. The number of fused-ring (bicyclic) bond motifs is 1. The molecule has 4 heteroatoms. The lowest BCUT2D eigenvalue weighted by Gasteiger charge is -2.16. The molecular weight excluding hydrogens is 380 g/mol. The first-order valence-electron chi connectivity index (χ1n) is 9.94. The van der Waals surface area contributed by atoms with Gasteiger partial charge in [0.05, 0.1) is 17.6 Å². The van der Waals surface area contributed by atoms with Crippen LogP contribution in [0.3, 0.4) is 0 Å². The second kappa shape index (κ2) is 8.30. The van der Waals surface area contributed by atoms with E-state index in [9.17, 15) is 0 Å². The molecule has 0 spiro atoms. The number of halogens is 1. The SMILES string of the molecule is Cc1ccc(C(C)C)c(OCc2nc3ccccc3n2Cc2ccccc2Cl)c1. The van der Waals surface area contributed by atoms with Crippen LogP contribution >= 0.6 is 11.6 Å². The number of hydrogen-bond donors (Lipinski definition) is 0. The van der Waals surface area contributed by atoms with Crippen LogP contribution in [0.4, 0.5) is 0 Å². The molecule has 0 bridgehead atoms. The minimum atomic E-state index is 0.396. The molecule has 3 nitrogen and oxygen atoms in total. The van der Waals surface area contributed by atoms with Gasteiger partial charge in [0, 0.05) is 5.02 Å². The van der Waals surface area contributed by atoms with Gasteiger partial charge in [-0.3, -0.25) is 0 Å². The van der Waals surface area contributed by atoms with Crippen LogP contribution in [0.15, 0.2) is 66.7 Å². The first-order chi connectivity index (χ1) is 14.0. The van der Waals surface area contributed by atoms with Crippen molar-refractivity contribution in [3.63, 3.8) is 0 Å². The number of imidazole rings is 1. The van der Waals surface area contributed by atoms with Gasteiger partial charge in [-0.05, 0) is 53.8 Å². The third-order valence-corrected chi connectivity index (χ3v) is 5.54. The fraction of sp³-hybridized carbons (Fsp3) is 0.240. The Kier molecular flexibility index (Phi) is 5.59. The molecule has 0 aliphatic rings. The van der Waals surface area contributed by atoms with E-state index < -0.39 is 0 Å². The fourth-order valence-corrected chi connectivity index (χ4v) is 3.79. The average Bonchev–Trinajstić information content (AvgIpc) is 3.05. The Balaban J connectivity index is 1.69. The Morgan fingerprint density at radius 3 is 2.55 bits per heavy atom. The quantitative estimate of drug-likeness (QED) is 0.355. The monoisotopic (exact) mass is 404 g/mol. The summed E-state index contributed by atoms with van der Waals surface area (Å²) in [5.41, 5.74) is 5.51. The highest BCUT2D eigenvalue weighted by Crippen LogP contribution is 2.29. The van der Waals surface area contributed by atoms with Crippen molar-refractivity contribution in [2.45, 2.75) is 39.8 Å². The molecular formula is C25H25ClN2O. The van der Waals surface area contributed by atoms with Gasteiger partial charge in [0.15, 0.2) is 0 Å². The molecule has 4 rings (SSSR count). The van der Waals surface area contributed by atoms with Gasteiger partial charge in [-0.25, -0.2) is 4.98 Å². The van der Waals surface area contributed by atoms with Gasteiger partial charge in [0.25, 0.3) is 0 Å². The van der Waals surface area contributed by atoms with Gasteiger partial charge < -0.3 is 9.30 Å². The van der Waals surface area contributed by atoms with Gasteiger partial charge in [-0.1, -0.05) is 67.9 Å². The maximum atomic E-state index is 6.43. The zero-order valence-electron chi connectivity index (χ0n) is 17.0. The predicted molar refractivity (Wildman–Crippen MR) is 120 cm³/mol. The second-order valence-electron chi connectivity index (χ2n) is 7.68. The van der Waals surface area contributed by atoms with Crippen molar-refractivity contribution in [2.75, 3.05) is 0 Å². The Morgan fingerprint density at radius 2 is 1.76 bits per heavy atom. The van der Waals surface area contributed by atoms with Crippen molar-refractivity contribution >= 4 is 22.6 Å². The van der Waals surface area contributed by atoms with Gasteiger partial charge in [0.1, 0.15) is 18.2 Å². The van der Waals surface area contributed by atoms with Crippen LogP contribution in [0, 0.1) is 6.92 Å².